The van der Waals surface area contributed by atoms with Gasteiger partial charge in [-0.1, -0.05) is 0 Å². The highest BCUT2D eigenvalue weighted by Gasteiger charge is 2.25. The smallest absolute Gasteiger partial charge is 0.0811 e. The zero-order chi connectivity index (χ0) is 9.84. The molecule has 13 heavy (non-hydrogen) atoms. The van der Waals surface area contributed by atoms with Crippen LogP contribution >= 0.6 is 0 Å². The molecule has 0 bridgehead atoms. The van der Waals surface area contributed by atoms with Gasteiger partial charge in [-0.25, -0.2) is 0 Å². The van der Waals surface area contributed by atoms with Crippen molar-refractivity contribution in [3.05, 3.63) is 0 Å². The summed E-state index contributed by atoms with van der Waals surface area (Å²) >= 11 is 0. The molecule has 1 saturated heterocycles. The minimum atomic E-state index is 0.0885. The molecule has 3 nitrogen and oxygen atoms in total. The first kappa shape index (κ1) is 11.0. The third kappa shape index (κ3) is 3.25. The van der Waals surface area contributed by atoms with E-state index in [1.165, 1.54) is 0 Å². The Bertz CT molecular complexity index is 150. The summed E-state index contributed by atoms with van der Waals surface area (Å²) in [6.45, 7) is 5.51. The third-order valence-electron chi connectivity index (χ3n) is 2.77. The number of nitrogens with zero attached hydrogens (tertiary/aromatic N) is 1. The average molecular weight is 187 g/mol. The predicted molar refractivity (Wildman–Crippen MR) is 52.7 cm³/mol. The van der Waals surface area contributed by atoms with Crippen molar-refractivity contribution in [2.45, 2.75) is 44.9 Å². The lowest BCUT2D eigenvalue weighted by atomic mass is 10.2. The van der Waals surface area contributed by atoms with Crippen molar-refractivity contribution >= 4 is 0 Å². The molecule has 0 unspecified atom stereocenters. The van der Waals surface area contributed by atoms with Crippen LogP contribution < -0.4 is 0 Å². The van der Waals surface area contributed by atoms with Gasteiger partial charge in [-0.3, -0.25) is 0 Å². The van der Waals surface area contributed by atoms with Gasteiger partial charge in [-0.15, -0.1) is 0 Å². The van der Waals surface area contributed by atoms with E-state index < -0.39 is 0 Å². The number of hydrogen-bond donors (Lipinski definition) is 1. The van der Waals surface area contributed by atoms with E-state index >= 15 is 0 Å². The molecule has 1 aliphatic heterocycles. The van der Waals surface area contributed by atoms with E-state index in [-0.39, 0.29) is 12.7 Å². The van der Waals surface area contributed by atoms with Crippen molar-refractivity contribution in [1.82, 2.24) is 4.90 Å². The van der Waals surface area contributed by atoms with Gasteiger partial charge in [0.1, 0.15) is 0 Å². The zero-order valence-corrected chi connectivity index (χ0v) is 8.86. The minimum absolute atomic E-state index is 0.0885. The Labute approximate surface area is 80.7 Å². The first-order chi connectivity index (χ1) is 6.13. The van der Waals surface area contributed by atoms with E-state index in [1.807, 2.05) is 0 Å². The van der Waals surface area contributed by atoms with Gasteiger partial charge in [-0.2, -0.15) is 0 Å². The second-order valence-electron chi connectivity index (χ2n) is 4.17. The summed E-state index contributed by atoms with van der Waals surface area (Å²) in [7, 11) is 2.11. The highest BCUT2D eigenvalue weighted by atomic mass is 16.5. The fourth-order valence-corrected chi connectivity index (χ4v) is 1.58. The van der Waals surface area contributed by atoms with Gasteiger partial charge in [-0.05, 0) is 33.7 Å². The van der Waals surface area contributed by atoms with Crippen molar-refractivity contribution in [2.24, 2.45) is 0 Å². The number of aliphatic hydroxyl groups is 1. The first-order valence-electron chi connectivity index (χ1n) is 5.10. The second kappa shape index (κ2) is 4.94. The summed E-state index contributed by atoms with van der Waals surface area (Å²) in [5, 5.41) is 8.89. The molecule has 1 N–H and O–H groups in total. The molecule has 1 aliphatic rings. The highest BCUT2D eigenvalue weighted by molar-refractivity contribution is 4.76. The van der Waals surface area contributed by atoms with Crippen LogP contribution in [0.1, 0.15) is 26.7 Å². The maximum atomic E-state index is 8.89. The Morgan fingerprint density at radius 3 is 2.46 bits per heavy atom. The molecule has 0 spiro atoms. The van der Waals surface area contributed by atoms with Crippen LogP contribution in [-0.4, -0.2) is 48.5 Å². The van der Waals surface area contributed by atoms with Crippen LogP contribution in [0.4, 0.5) is 0 Å². The van der Waals surface area contributed by atoms with Crippen LogP contribution in [0.15, 0.2) is 0 Å². The van der Waals surface area contributed by atoms with E-state index in [2.05, 4.69) is 25.8 Å². The van der Waals surface area contributed by atoms with Crippen molar-refractivity contribution in [3.8, 4) is 0 Å². The summed E-state index contributed by atoms with van der Waals surface area (Å²) in [5.41, 5.74) is 0. The van der Waals surface area contributed by atoms with Crippen LogP contribution in [0.2, 0.25) is 0 Å². The monoisotopic (exact) mass is 187 g/mol. The lowest BCUT2D eigenvalue weighted by Crippen LogP contribution is -2.34. The largest absolute Gasteiger partial charge is 0.394 e. The van der Waals surface area contributed by atoms with E-state index in [9.17, 15) is 0 Å². The number of rotatable bonds is 4. The minimum Gasteiger partial charge on any atom is -0.394 e. The van der Waals surface area contributed by atoms with Crippen molar-refractivity contribution < 1.29 is 9.84 Å². The van der Waals surface area contributed by atoms with Gasteiger partial charge in [0, 0.05) is 12.6 Å². The Morgan fingerprint density at radius 1 is 1.38 bits per heavy atom. The van der Waals surface area contributed by atoms with Gasteiger partial charge in [0.15, 0.2) is 0 Å². The molecule has 1 rings (SSSR count). The summed E-state index contributed by atoms with van der Waals surface area (Å²) in [6.07, 6.45) is 2.50. The fourth-order valence-electron chi connectivity index (χ4n) is 1.58. The van der Waals surface area contributed by atoms with Crippen LogP contribution in [0, 0.1) is 0 Å². The van der Waals surface area contributed by atoms with Crippen LogP contribution in [-0.2, 0) is 4.74 Å². The van der Waals surface area contributed by atoms with Crippen molar-refractivity contribution in [3.63, 3.8) is 0 Å². The Hall–Kier alpha value is -0.120. The molecule has 1 heterocycles. The molecular formula is C10H21NO2. The molecule has 0 aromatic heterocycles. The van der Waals surface area contributed by atoms with E-state index in [1.54, 1.807) is 0 Å². The lowest BCUT2D eigenvalue weighted by Gasteiger charge is -2.24. The van der Waals surface area contributed by atoms with Crippen LogP contribution in [0.25, 0.3) is 0 Å². The summed E-state index contributed by atoms with van der Waals surface area (Å²) in [5.74, 6) is 0. The summed E-state index contributed by atoms with van der Waals surface area (Å²) in [6, 6.07) is 0.566. The van der Waals surface area contributed by atoms with Gasteiger partial charge < -0.3 is 14.7 Å². The standard InChI is InChI=1S/C10H21NO2/c1-8(2)11(3)6-9-4-5-10(7-12)13-9/h8-10,12H,4-7H2,1-3H3/t9-,10+/m0/s1. The van der Waals surface area contributed by atoms with E-state index in [0.29, 0.717) is 12.1 Å². The highest BCUT2D eigenvalue weighted by Crippen LogP contribution is 2.20. The molecule has 0 aliphatic carbocycles. The molecule has 78 valence electrons. The maximum Gasteiger partial charge on any atom is 0.0811 e. The third-order valence-corrected chi connectivity index (χ3v) is 2.77. The molecule has 0 aromatic rings. The number of likely N-dealkylation sites (N-methyl/N-ethyl adjacent to an activating group) is 1. The second-order valence-corrected chi connectivity index (χ2v) is 4.17. The first-order valence-corrected chi connectivity index (χ1v) is 5.10. The van der Waals surface area contributed by atoms with E-state index in [0.717, 1.165) is 19.4 Å². The quantitative estimate of drug-likeness (QED) is 0.708. The fraction of sp³-hybridized carbons (Fsp3) is 1.00. The number of ether oxygens (including phenoxy) is 1. The molecular weight excluding hydrogens is 166 g/mol. The normalized spacial score (nSPS) is 29.1. The molecule has 3 heteroatoms. The van der Waals surface area contributed by atoms with Crippen LogP contribution in [0.3, 0.4) is 0 Å². The Balaban J connectivity index is 2.23. The van der Waals surface area contributed by atoms with Gasteiger partial charge >= 0.3 is 0 Å². The Morgan fingerprint density at radius 2 is 2.00 bits per heavy atom. The molecule has 2 atom stereocenters. The topological polar surface area (TPSA) is 32.7 Å². The summed E-state index contributed by atoms with van der Waals surface area (Å²) in [4.78, 5) is 2.28. The average Bonchev–Trinajstić information content (AvgIpc) is 2.52. The lowest BCUT2D eigenvalue weighted by molar-refractivity contribution is -0.00343. The molecule has 0 saturated carbocycles. The molecule has 0 radical (unpaired) electrons. The number of hydrogen-bond acceptors (Lipinski definition) is 3. The molecule has 0 amide bonds. The van der Waals surface area contributed by atoms with Gasteiger partial charge in [0.05, 0.1) is 18.8 Å². The molecule has 0 aromatic carbocycles. The Kier molecular flexibility index (Phi) is 4.16. The number of aliphatic hydroxyl groups excluding tert-OH is 1. The SMILES string of the molecule is CC(C)N(C)C[C@@H]1CC[C@H](CO)O1. The molecule has 1 fully saturated rings. The zero-order valence-electron chi connectivity index (χ0n) is 8.86. The van der Waals surface area contributed by atoms with Gasteiger partial charge in [0.25, 0.3) is 0 Å². The van der Waals surface area contributed by atoms with Crippen molar-refractivity contribution in [1.29, 1.82) is 0 Å². The maximum absolute atomic E-state index is 8.89. The van der Waals surface area contributed by atoms with Gasteiger partial charge in [0.2, 0.25) is 0 Å². The van der Waals surface area contributed by atoms with Crippen LogP contribution in [0.5, 0.6) is 0 Å². The van der Waals surface area contributed by atoms with E-state index in [4.69, 9.17) is 9.84 Å². The van der Waals surface area contributed by atoms with Crippen molar-refractivity contribution in [2.75, 3.05) is 20.2 Å². The predicted octanol–water partition coefficient (Wildman–Crippen LogP) is 0.866. The summed E-state index contributed by atoms with van der Waals surface area (Å²) < 4.78 is 5.64.